The average molecular weight is 418 g/mol. The summed E-state index contributed by atoms with van der Waals surface area (Å²) in [6, 6.07) is 15.4. The number of anilines is 1. The molecule has 6 nitrogen and oxygen atoms in total. The number of hydrogen-bond donors (Lipinski definition) is 1. The second-order valence-corrected chi connectivity index (χ2v) is 8.16. The van der Waals surface area contributed by atoms with E-state index in [1.807, 2.05) is 62.4 Å². The summed E-state index contributed by atoms with van der Waals surface area (Å²) in [7, 11) is 0. The Balaban J connectivity index is 1.57. The van der Waals surface area contributed by atoms with Crippen LogP contribution in [0.2, 0.25) is 0 Å². The summed E-state index contributed by atoms with van der Waals surface area (Å²) in [5.74, 6) is 0.504. The van der Waals surface area contributed by atoms with Crippen molar-refractivity contribution in [3.63, 3.8) is 0 Å². The number of rotatable bonds is 6. The standard InChI is InChI=1S/C23H23N5OS/c1-4-7-20-16(3)26-23-24-14-25-28(23)22(20)30-18-12-10-17(11-13-18)27-21(29)19-9-6-5-8-15(19)2/h5-6,8-14H,4,7H2,1-3H3,(H,27,29). The van der Waals surface area contributed by atoms with E-state index in [4.69, 9.17) is 0 Å². The third kappa shape index (κ3) is 4.07. The van der Waals surface area contributed by atoms with Gasteiger partial charge in [-0.1, -0.05) is 43.3 Å². The van der Waals surface area contributed by atoms with Gasteiger partial charge in [0.05, 0.1) is 0 Å². The van der Waals surface area contributed by atoms with Crippen LogP contribution in [0.25, 0.3) is 5.78 Å². The largest absolute Gasteiger partial charge is 0.322 e. The molecule has 0 bridgehead atoms. The molecule has 30 heavy (non-hydrogen) atoms. The number of fused-ring (bicyclic) bond motifs is 1. The molecule has 0 saturated carbocycles. The lowest BCUT2D eigenvalue weighted by molar-refractivity contribution is 0.102. The van der Waals surface area contributed by atoms with Gasteiger partial charge in [-0.15, -0.1) is 0 Å². The maximum atomic E-state index is 12.5. The Bertz CT molecular complexity index is 1200. The summed E-state index contributed by atoms with van der Waals surface area (Å²) in [5, 5.41) is 8.37. The van der Waals surface area contributed by atoms with Gasteiger partial charge in [-0.2, -0.15) is 14.6 Å². The fourth-order valence-electron chi connectivity index (χ4n) is 3.34. The van der Waals surface area contributed by atoms with Gasteiger partial charge in [0.1, 0.15) is 11.4 Å². The van der Waals surface area contributed by atoms with E-state index in [1.165, 1.54) is 11.9 Å². The van der Waals surface area contributed by atoms with E-state index in [1.54, 1.807) is 16.3 Å². The first kappa shape index (κ1) is 20.1. The fraction of sp³-hybridized carbons (Fsp3) is 0.217. The Kier molecular flexibility index (Phi) is 5.81. The number of nitrogens with zero attached hydrogens (tertiary/aromatic N) is 4. The van der Waals surface area contributed by atoms with Gasteiger partial charge in [0, 0.05) is 27.4 Å². The summed E-state index contributed by atoms with van der Waals surface area (Å²) >= 11 is 1.64. The van der Waals surface area contributed by atoms with Crippen molar-refractivity contribution >= 4 is 29.1 Å². The highest BCUT2D eigenvalue weighted by Gasteiger charge is 2.15. The van der Waals surface area contributed by atoms with Crippen LogP contribution in [-0.4, -0.2) is 25.5 Å². The predicted molar refractivity (Wildman–Crippen MR) is 119 cm³/mol. The number of aryl methyl sites for hydroxylation is 2. The number of amides is 1. The van der Waals surface area contributed by atoms with Crippen molar-refractivity contribution in [1.29, 1.82) is 0 Å². The third-order valence-electron chi connectivity index (χ3n) is 4.90. The summed E-state index contributed by atoms with van der Waals surface area (Å²) < 4.78 is 1.80. The van der Waals surface area contributed by atoms with Crippen LogP contribution in [0, 0.1) is 13.8 Å². The molecule has 4 rings (SSSR count). The maximum absolute atomic E-state index is 12.5. The van der Waals surface area contributed by atoms with Gasteiger partial charge >= 0.3 is 0 Å². The normalized spacial score (nSPS) is 11.0. The quantitative estimate of drug-likeness (QED) is 0.442. The SMILES string of the molecule is CCCc1c(C)nc2ncnn2c1Sc1ccc(NC(=O)c2ccccc2C)cc1. The van der Waals surface area contributed by atoms with Crippen molar-refractivity contribution in [2.24, 2.45) is 0 Å². The molecular weight excluding hydrogens is 394 g/mol. The lowest BCUT2D eigenvalue weighted by Gasteiger charge is -2.13. The molecule has 2 heterocycles. The molecule has 1 N–H and O–H groups in total. The Morgan fingerprint density at radius 3 is 2.60 bits per heavy atom. The van der Waals surface area contributed by atoms with Gasteiger partial charge < -0.3 is 5.32 Å². The summed E-state index contributed by atoms with van der Waals surface area (Å²) in [6.45, 7) is 6.11. The van der Waals surface area contributed by atoms with Gasteiger partial charge in [0.2, 0.25) is 0 Å². The maximum Gasteiger partial charge on any atom is 0.255 e. The van der Waals surface area contributed by atoms with Crippen LogP contribution < -0.4 is 5.32 Å². The van der Waals surface area contributed by atoms with Gasteiger partial charge in [0.15, 0.2) is 0 Å². The summed E-state index contributed by atoms with van der Waals surface area (Å²) in [5.41, 5.74) is 4.58. The van der Waals surface area contributed by atoms with Crippen LogP contribution in [0.1, 0.15) is 40.5 Å². The zero-order chi connectivity index (χ0) is 21.1. The summed E-state index contributed by atoms with van der Waals surface area (Å²) in [6.07, 6.45) is 3.49. The van der Waals surface area contributed by atoms with Gasteiger partial charge in [0.25, 0.3) is 11.7 Å². The second kappa shape index (κ2) is 8.67. The molecule has 0 radical (unpaired) electrons. The van der Waals surface area contributed by atoms with E-state index in [0.29, 0.717) is 11.3 Å². The van der Waals surface area contributed by atoms with Crippen LogP contribution in [0.15, 0.2) is 64.8 Å². The van der Waals surface area contributed by atoms with E-state index in [-0.39, 0.29) is 5.91 Å². The van der Waals surface area contributed by atoms with E-state index < -0.39 is 0 Å². The van der Waals surface area contributed by atoms with Crippen molar-refractivity contribution < 1.29 is 4.79 Å². The van der Waals surface area contributed by atoms with E-state index >= 15 is 0 Å². The average Bonchev–Trinajstić information content (AvgIpc) is 3.20. The summed E-state index contributed by atoms with van der Waals surface area (Å²) in [4.78, 5) is 22.4. The molecule has 1 amide bonds. The predicted octanol–water partition coefficient (Wildman–Crippen LogP) is 5.10. The van der Waals surface area contributed by atoms with Crippen molar-refractivity contribution in [3.05, 3.63) is 77.2 Å². The molecule has 0 unspecified atom stereocenters. The van der Waals surface area contributed by atoms with Gasteiger partial charge in [-0.25, -0.2) is 4.98 Å². The lowest BCUT2D eigenvalue weighted by atomic mass is 10.1. The van der Waals surface area contributed by atoms with Gasteiger partial charge in [-0.3, -0.25) is 4.79 Å². The molecule has 0 spiro atoms. The third-order valence-corrected chi connectivity index (χ3v) is 6.02. The van der Waals surface area contributed by atoms with Crippen LogP contribution in [0.5, 0.6) is 0 Å². The minimum atomic E-state index is -0.104. The number of carbonyl (C=O) groups is 1. The van der Waals surface area contributed by atoms with E-state index in [0.717, 1.165) is 39.7 Å². The second-order valence-electron chi connectivity index (χ2n) is 7.10. The minimum Gasteiger partial charge on any atom is -0.322 e. The lowest BCUT2D eigenvalue weighted by Crippen LogP contribution is -2.13. The van der Waals surface area contributed by atoms with Crippen LogP contribution in [-0.2, 0) is 6.42 Å². The first-order valence-electron chi connectivity index (χ1n) is 9.91. The fourth-order valence-corrected chi connectivity index (χ4v) is 4.43. The number of benzene rings is 2. The first-order chi connectivity index (χ1) is 14.6. The van der Waals surface area contributed by atoms with Crippen LogP contribution in [0.4, 0.5) is 5.69 Å². The van der Waals surface area contributed by atoms with E-state index in [9.17, 15) is 4.79 Å². The van der Waals surface area contributed by atoms with Crippen LogP contribution in [0.3, 0.4) is 0 Å². The topological polar surface area (TPSA) is 72.2 Å². The molecule has 0 saturated heterocycles. The smallest absolute Gasteiger partial charge is 0.255 e. The molecule has 0 atom stereocenters. The molecule has 7 heteroatoms. The molecule has 4 aromatic rings. The zero-order valence-electron chi connectivity index (χ0n) is 17.2. The van der Waals surface area contributed by atoms with Gasteiger partial charge in [-0.05, 0) is 56.2 Å². The van der Waals surface area contributed by atoms with E-state index in [2.05, 4.69) is 27.3 Å². The Morgan fingerprint density at radius 2 is 1.87 bits per heavy atom. The van der Waals surface area contributed by atoms with Crippen molar-refractivity contribution in [2.75, 3.05) is 5.32 Å². The number of aromatic nitrogens is 4. The van der Waals surface area contributed by atoms with Crippen molar-refractivity contribution in [1.82, 2.24) is 19.6 Å². The highest BCUT2D eigenvalue weighted by molar-refractivity contribution is 7.99. The monoisotopic (exact) mass is 417 g/mol. The molecular formula is C23H23N5OS. The number of hydrogen-bond acceptors (Lipinski definition) is 5. The Morgan fingerprint density at radius 1 is 1.10 bits per heavy atom. The molecule has 2 aromatic carbocycles. The first-order valence-corrected chi connectivity index (χ1v) is 10.7. The number of carbonyl (C=O) groups excluding carboxylic acids is 1. The Labute approximate surface area is 179 Å². The van der Waals surface area contributed by atoms with Crippen molar-refractivity contribution in [3.8, 4) is 0 Å². The molecule has 0 aliphatic rings. The van der Waals surface area contributed by atoms with Crippen LogP contribution >= 0.6 is 11.8 Å². The number of nitrogens with one attached hydrogen (secondary N) is 1. The molecule has 152 valence electrons. The highest BCUT2D eigenvalue weighted by Crippen LogP contribution is 2.33. The minimum absolute atomic E-state index is 0.104. The molecule has 0 aliphatic carbocycles. The zero-order valence-corrected chi connectivity index (χ0v) is 18.0. The molecule has 0 aliphatic heterocycles. The highest BCUT2D eigenvalue weighted by atomic mass is 32.2. The molecule has 0 fully saturated rings. The van der Waals surface area contributed by atoms with Crippen molar-refractivity contribution in [2.45, 2.75) is 43.5 Å². The Hall–Kier alpha value is -3.19. The molecule has 2 aromatic heterocycles.